The Morgan fingerprint density at radius 2 is 1.93 bits per heavy atom. The summed E-state index contributed by atoms with van der Waals surface area (Å²) in [5.41, 5.74) is 6.42. The van der Waals surface area contributed by atoms with Gasteiger partial charge in [-0.05, 0) is 19.8 Å². The van der Waals surface area contributed by atoms with Gasteiger partial charge >= 0.3 is 0 Å². The first-order valence-electron chi connectivity index (χ1n) is 6.39. The number of nitrogens with two attached hydrogens (primary N) is 1. The molecule has 3 heteroatoms. The lowest BCUT2D eigenvalue weighted by molar-refractivity contribution is 0.0128. The predicted molar refractivity (Wildman–Crippen MR) is 65.8 cm³/mol. The maximum atomic E-state index is 6.10. The van der Waals surface area contributed by atoms with Gasteiger partial charge in [0.2, 0.25) is 0 Å². The maximum Gasteiger partial charge on any atom is 0.0548 e. The third-order valence-corrected chi connectivity index (χ3v) is 3.52. The van der Waals surface area contributed by atoms with E-state index in [2.05, 4.69) is 31.0 Å². The molecule has 3 nitrogen and oxygen atoms in total. The van der Waals surface area contributed by atoms with Crippen molar-refractivity contribution in [1.29, 1.82) is 0 Å². The lowest BCUT2D eigenvalue weighted by atomic mass is 9.84. The van der Waals surface area contributed by atoms with E-state index in [-0.39, 0.29) is 6.17 Å². The molecular weight excluding hydrogens is 186 g/mol. The molecule has 0 bridgehead atoms. The molecule has 3 N–H and O–H groups in total. The van der Waals surface area contributed by atoms with Crippen LogP contribution >= 0.6 is 0 Å². The molecule has 1 heterocycles. The Kier molecular flexibility index (Phi) is 5.03. The van der Waals surface area contributed by atoms with E-state index in [0.717, 1.165) is 19.6 Å². The van der Waals surface area contributed by atoms with Crippen LogP contribution in [-0.2, 0) is 0 Å². The molecular formula is C12H27N3. The Bertz CT molecular complexity index is 168. The largest absolute Gasteiger partial charge is 0.316 e. The van der Waals surface area contributed by atoms with Crippen molar-refractivity contribution in [2.24, 2.45) is 5.73 Å². The highest BCUT2D eigenvalue weighted by atomic mass is 15.3. The van der Waals surface area contributed by atoms with Gasteiger partial charge in [-0.3, -0.25) is 4.90 Å². The molecule has 0 saturated carbocycles. The molecule has 1 atom stereocenters. The van der Waals surface area contributed by atoms with Gasteiger partial charge in [0.25, 0.3) is 0 Å². The molecule has 0 aliphatic carbocycles. The van der Waals surface area contributed by atoms with Gasteiger partial charge in [0, 0.05) is 25.2 Å². The normalized spacial score (nSPS) is 24.0. The average molecular weight is 213 g/mol. The van der Waals surface area contributed by atoms with Crippen LogP contribution in [0, 0.1) is 0 Å². The second-order valence-corrected chi connectivity index (χ2v) is 4.84. The number of hydrogen-bond acceptors (Lipinski definition) is 3. The Morgan fingerprint density at radius 1 is 1.33 bits per heavy atom. The molecule has 0 aromatic carbocycles. The van der Waals surface area contributed by atoms with E-state index in [1.165, 1.54) is 25.7 Å². The number of rotatable bonds is 5. The van der Waals surface area contributed by atoms with Crippen molar-refractivity contribution in [2.75, 3.05) is 19.6 Å². The van der Waals surface area contributed by atoms with Gasteiger partial charge in [-0.15, -0.1) is 0 Å². The number of nitrogens with one attached hydrogen (secondary N) is 1. The molecule has 0 aromatic heterocycles. The molecule has 0 spiro atoms. The van der Waals surface area contributed by atoms with Gasteiger partial charge in [-0.1, -0.05) is 26.7 Å². The molecule has 1 saturated heterocycles. The smallest absolute Gasteiger partial charge is 0.0548 e. The fourth-order valence-electron chi connectivity index (χ4n) is 3.01. The molecule has 15 heavy (non-hydrogen) atoms. The number of hydrogen-bond donors (Lipinski definition) is 2. The highest BCUT2D eigenvalue weighted by Crippen LogP contribution is 2.29. The Hall–Kier alpha value is -0.120. The third kappa shape index (κ3) is 2.92. The van der Waals surface area contributed by atoms with Crippen molar-refractivity contribution in [3.63, 3.8) is 0 Å². The van der Waals surface area contributed by atoms with Gasteiger partial charge in [0.05, 0.1) is 6.17 Å². The summed E-state index contributed by atoms with van der Waals surface area (Å²) in [6, 6.07) is 0. The minimum absolute atomic E-state index is 0.185. The van der Waals surface area contributed by atoms with E-state index in [1.807, 2.05) is 0 Å². The van der Waals surface area contributed by atoms with Crippen molar-refractivity contribution >= 4 is 0 Å². The molecule has 1 aliphatic rings. The first-order chi connectivity index (χ1) is 7.16. The highest BCUT2D eigenvalue weighted by Gasteiger charge is 2.38. The summed E-state index contributed by atoms with van der Waals surface area (Å²) in [6.07, 6.45) is 5.19. The van der Waals surface area contributed by atoms with E-state index in [4.69, 9.17) is 5.73 Å². The van der Waals surface area contributed by atoms with E-state index >= 15 is 0 Å². The van der Waals surface area contributed by atoms with Crippen LogP contribution in [0.2, 0.25) is 0 Å². The van der Waals surface area contributed by atoms with E-state index in [0.29, 0.717) is 5.54 Å². The minimum atomic E-state index is 0.185. The van der Waals surface area contributed by atoms with Crippen molar-refractivity contribution < 1.29 is 0 Å². The second kappa shape index (κ2) is 5.83. The summed E-state index contributed by atoms with van der Waals surface area (Å²) < 4.78 is 0. The SMILES string of the molecule is CCCC1(CCC)CNCCN1C(C)N. The van der Waals surface area contributed by atoms with Crippen LogP contribution in [0.5, 0.6) is 0 Å². The lowest BCUT2D eigenvalue weighted by Crippen LogP contribution is -2.65. The fourth-order valence-corrected chi connectivity index (χ4v) is 3.01. The summed E-state index contributed by atoms with van der Waals surface area (Å²) in [4.78, 5) is 2.51. The van der Waals surface area contributed by atoms with Crippen LogP contribution in [0.4, 0.5) is 0 Å². The van der Waals surface area contributed by atoms with Crippen LogP contribution < -0.4 is 11.1 Å². The van der Waals surface area contributed by atoms with E-state index in [9.17, 15) is 0 Å². The van der Waals surface area contributed by atoms with Gasteiger partial charge in [0.15, 0.2) is 0 Å². The third-order valence-electron chi connectivity index (χ3n) is 3.52. The van der Waals surface area contributed by atoms with Gasteiger partial charge in [0.1, 0.15) is 0 Å². The quantitative estimate of drug-likeness (QED) is 0.728. The van der Waals surface area contributed by atoms with E-state index < -0.39 is 0 Å². The average Bonchev–Trinajstić information content (AvgIpc) is 2.18. The van der Waals surface area contributed by atoms with Crippen LogP contribution in [0.1, 0.15) is 46.5 Å². The summed E-state index contributed by atoms with van der Waals surface area (Å²) in [7, 11) is 0. The highest BCUT2D eigenvalue weighted by molar-refractivity contribution is 4.96. The predicted octanol–water partition coefficient (Wildman–Crippen LogP) is 1.54. The molecule has 1 rings (SSSR count). The number of nitrogens with zero attached hydrogens (tertiary/aromatic N) is 1. The fraction of sp³-hybridized carbons (Fsp3) is 1.00. The van der Waals surface area contributed by atoms with Crippen molar-refractivity contribution in [3.8, 4) is 0 Å². The molecule has 90 valence electrons. The van der Waals surface area contributed by atoms with E-state index in [1.54, 1.807) is 0 Å². The van der Waals surface area contributed by atoms with Gasteiger partial charge < -0.3 is 11.1 Å². The first kappa shape index (κ1) is 12.9. The van der Waals surface area contributed by atoms with Gasteiger partial charge in [-0.25, -0.2) is 0 Å². The van der Waals surface area contributed by atoms with Crippen LogP contribution in [0.15, 0.2) is 0 Å². The van der Waals surface area contributed by atoms with Crippen LogP contribution in [0.25, 0.3) is 0 Å². The number of piperazine rings is 1. The second-order valence-electron chi connectivity index (χ2n) is 4.84. The molecule has 1 aliphatic heterocycles. The van der Waals surface area contributed by atoms with Gasteiger partial charge in [-0.2, -0.15) is 0 Å². The first-order valence-corrected chi connectivity index (χ1v) is 6.39. The zero-order chi connectivity index (χ0) is 11.3. The molecule has 0 radical (unpaired) electrons. The molecule has 1 unspecified atom stereocenters. The summed E-state index contributed by atoms with van der Waals surface area (Å²) in [5.74, 6) is 0. The zero-order valence-corrected chi connectivity index (χ0v) is 10.6. The molecule has 0 amide bonds. The van der Waals surface area contributed by atoms with Crippen LogP contribution in [0.3, 0.4) is 0 Å². The Morgan fingerprint density at radius 3 is 2.40 bits per heavy atom. The standard InChI is InChI=1S/C12H27N3/c1-4-6-12(7-5-2)10-14-8-9-15(12)11(3)13/h11,14H,4-10,13H2,1-3H3. The molecule has 1 fully saturated rings. The van der Waals surface area contributed by atoms with Crippen LogP contribution in [-0.4, -0.2) is 36.2 Å². The zero-order valence-electron chi connectivity index (χ0n) is 10.6. The van der Waals surface area contributed by atoms with Crippen molar-refractivity contribution in [3.05, 3.63) is 0 Å². The Labute approximate surface area is 94.4 Å². The van der Waals surface area contributed by atoms with Crippen molar-refractivity contribution in [1.82, 2.24) is 10.2 Å². The summed E-state index contributed by atoms with van der Waals surface area (Å²) >= 11 is 0. The molecule has 0 aromatic rings. The summed E-state index contributed by atoms with van der Waals surface area (Å²) in [5, 5.41) is 3.53. The Balaban J connectivity index is 2.77. The minimum Gasteiger partial charge on any atom is -0.316 e. The topological polar surface area (TPSA) is 41.3 Å². The monoisotopic (exact) mass is 213 g/mol. The maximum absolute atomic E-state index is 6.10. The summed E-state index contributed by atoms with van der Waals surface area (Å²) in [6.45, 7) is 9.94. The lowest BCUT2D eigenvalue weighted by Gasteiger charge is -2.49. The van der Waals surface area contributed by atoms with Crippen molar-refractivity contribution in [2.45, 2.75) is 58.2 Å².